The molecular formula is C36H56O5. The molecule has 6 aliphatic carbocycles. The van der Waals surface area contributed by atoms with Gasteiger partial charge in [0.25, 0.3) is 0 Å². The lowest BCUT2D eigenvalue weighted by Gasteiger charge is -2.58. The van der Waals surface area contributed by atoms with Crippen molar-refractivity contribution in [2.75, 3.05) is 0 Å². The third-order valence-corrected chi connectivity index (χ3v) is 14.5. The molecule has 0 aromatic carbocycles. The molecule has 0 aromatic rings. The summed E-state index contributed by atoms with van der Waals surface area (Å²) in [6, 6.07) is 0. The van der Waals surface area contributed by atoms with Crippen molar-refractivity contribution in [2.24, 2.45) is 46.3 Å². The van der Waals surface area contributed by atoms with Crippen LogP contribution in [-0.4, -0.2) is 55.5 Å². The SMILES string of the molecule is C=C1CC2(CCC(CCC3(O)CCCC(O)C3)C2)C2OC2(C)CCC2C1CC2(C)C1CC2C=CC(O)(C(C)O)C2C1. The van der Waals surface area contributed by atoms with Crippen LogP contribution in [0.5, 0.6) is 0 Å². The highest BCUT2D eigenvalue weighted by Gasteiger charge is 2.67. The van der Waals surface area contributed by atoms with Crippen LogP contribution in [0.3, 0.4) is 0 Å². The quantitative estimate of drug-likeness (QED) is 0.238. The van der Waals surface area contributed by atoms with E-state index in [0.29, 0.717) is 42.1 Å². The Bertz CT molecular complexity index is 1090. The van der Waals surface area contributed by atoms with Gasteiger partial charge in [0.1, 0.15) is 5.60 Å². The van der Waals surface area contributed by atoms with Gasteiger partial charge in [-0.05, 0) is 139 Å². The van der Waals surface area contributed by atoms with E-state index in [1.54, 1.807) is 6.92 Å². The van der Waals surface area contributed by atoms with Gasteiger partial charge in [0.15, 0.2) is 0 Å². The summed E-state index contributed by atoms with van der Waals surface area (Å²) in [5.41, 5.74) is 0.148. The maximum absolute atomic E-state index is 11.3. The minimum atomic E-state index is -1.07. The van der Waals surface area contributed by atoms with Gasteiger partial charge in [-0.1, -0.05) is 31.2 Å². The van der Waals surface area contributed by atoms with Crippen LogP contribution < -0.4 is 0 Å². The van der Waals surface area contributed by atoms with Crippen molar-refractivity contribution in [1.29, 1.82) is 0 Å². The van der Waals surface area contributed by atoms with Gasteiger partial charge < -0.3 is 25.2 Å². The molecule has 0 amide bonds. The summed E-state index contributed by atoms with van der Waals surface area (Å²) in [5.74, 6) is 2.96. The number of fused-ring (bicyclic) bond motifs is 4. The molecule has 5 saturated carbocycles. The third kappa shape index (κ3) is 4.57. The highest BCUT2D eigenvalue weighted by atomic mass is 16.6. The molecule has 7 rings (SSSR count). The largest absolute Gasteiger partial charge is 0.393 e. The molecule has 1 heterocycles. The molecular weight excluding hydrogens is 512 g/mol. The molecule has 14 atom stereocenters. The summed E-state index contributed by atoms with van der Waals surface area (Å²) in [7, 11) is 0. The Morgan fingerprint density at radius 2 is 1.83 bits per heavy atom. The fourth-order valence-electron chi connectivity index (χ4n) is 11.9. The fourth-order valence-corrected chi connectivity index (χ4v) is 11.9. The highest BCUT2D eigenvalue weighted by molar-refractivity contribution is 5.26. The Balaban J connectivity index is 1.03. The maximum Gasteiger partial charge on any atom is 0.112 e. The number of hydrogen-bond donors (Lipinski definition) is 4. The molecule has 230 valence electrons. The van der Waals surface area contributed by atoms with Crippen LogP contribution in [0.1, 0.15) is 117 Å². The van der Waals surface area contributed by atoms with E-state index in [0.717, 1.165) is 57.8 Å². The summed E-state index contributed by atoms with van der Waals surface area (Å²) in [6.07, 6.45) is 18.8. The van der Waals surface area contributed by atoms with Gasteiger partial charge in [0, 0.05) is 17.8 Å². The summed E-state index contributed by atoms with van der Waals surface area (Å²) < 4.78 is 6.67. The highest BCUT2D eigenvalue weighted by Crippen LogP contribution is 2.70. The number of hydrogen-bond acceptors (Lipinski definition) is 5. The van der Waals surface area contributed by atoms with E-state index in [1.165, 1.54) is 37.7 Å². The number of ether oxygens (including phenoxy) is 1. The molecule has 4 N–H and O–H groups in total. The molecule has 41 heavy (non-hydrogen) atoms. The van der Waals surface area contributed by atoms with Crippen LogP contribution in [0.25, 0.3) is 0 Å². The molecule has 0 radical (unpaired) electrons. The first-order valence-electron chi connectivity index (χ1n) is 17.1. The third-order valence-electron chi connectivity index (χ3n) is 14.5. The van der Waals surface area contributed by atoms with Gasteiger partial charge in [-0.2, -0.15) is 0 Å². The molecule has 5 heteroatoms. The van der Waals surface area contributed by atoms with Gasteiger partial charge in [0.05, 0.1) is 29.5 Å². The summed E-state index contributed by atoms with van der Waals surface area (Å²) in [6.45, 7) is 11.4. The summed E-state index contributed by atoms with van der Waals surface area (Å²) >= 11 is 0. The van der Waals surface area contributed by atoms with Gasteiger partial charge in [-0.15, -0.1) is 0 Å². The molecule has 6 fully saturated rings. The molecule has 1 spiro atoms. The van der Waals surface area contributed by atoms with Crippen LogP contribution in [0, 0.1) is 46.3 Å². The zero-order valence-corrected chi connectivity index (χ0v) is 25.9. The fraction of sp³-hybridized carbons (Fsp3) is 0.889. The summed E-state index contributed by atoms with van der Waals surface area (Å²) in [4.78, 5) is 0. The Morgan fingerprint density at radius 3 is 2.59 bits per heavy atom. The van der Waals surface area contributed by atoms with Crippen molar-refractivity contribution in [3.05, 3.63) is 24.3 Å². The van der Waals surface area contributed by atoms with Crippen molar-refractivity contribution in [3.63, 3.8) is 0 Å². The Hall–Kier alpha value is -0.720. The van der Waals surface area contributed by atoms with Crippen molar-refractivity contribution >= 4 is 0 Å². The number of allylic oxidation sites excluding steroid dienone is 2. The molecule has 5 nitrogen and oxygen atoms in total. The lowest BCUT2D eigenvalue weighted by Crippen LogP contribution is -2.51. The average molecular weight is 569 g/mol. The van der Waals surface area contributed by atoms with Crippen LogP contribution >= 0.6 is 0 Å². The van der Waals surface area contributed by atoms with Crippen LogP contribution in [0.15, 0.2) is 24.3 Å². The number of aliphatic hydroxyl groups excluding tert-OH is 2. The second kappa shape index (κ2) is 9.64. The number of aliphatic hydroxyl groups is 4. The van der Waals surface area contributed by atoms with Gasteiger partial charge in [0.2, 0.25) is 0 Å². The predicted molar refractivity (Wildman–Crippen MR) is 160 cm³/mol. The first-order chi connectivity index (χ1) is 19.3. The summed E-state index contributed by atoms with van der Waals surface area (Å²) in [5, 5.41) is 43.0. The van der Waals surface area contributed by atoms with Crippen LogP contribution in [0.4, 0.5) is 0 Å². The first-order valence-corrected chi connectivity index (χ1v) is 17.1. The first kappa shape index (κ1) is 29.0. The Morgan fingerprint density at radius 1 is 1.02 bits per heavy atom. The molecule has 1 saturated heterocycles. The minimum Gasteiger partial charge on any atom is -0.393 e. The second-order valence-corrected chi connectivity index (χ2v) is 17.0. The van der Waals surface area contributed by atoms with Crippen molar-refractivity contribution in [3.8, 4) is 0 Å². The van der Waals surface area contributed by atoms with E-state index in [9.17, 15) is 20.4 Å². The molecule has 0 bridgehead atoms. The lowest BCUT2D eigenvalue weighted by molar-refractivity contribution is -0.0865. The number of rotatable bonds is 5. The predicted octanol–water partition coefficient (Wildman–Crippen LogP) is 6.08. The van der Waals surface area contributed by atoms with Crippen LogP contribution in [0.2, 0.25) is 0 Å². The molecule has 1 aliphatic heterocycles. The van der Waals surface area contributed by atoms with Crippen molar-refractivity contribution in [2.45, 2.75) is 152 Å². The normalized spacial score (nSPS) is 56.8. The lowest BCUT2D eigenvalue weighted by atomic mass is 9.46. The molecule has 0 aromatic heterocycles. The Labute approximate surface area is 247 Å². The smallest absolute Gasteiger partial charge is 0.112 e. The molecule has 14 unspecified atom stereocenters. The standard InChI is InChI=1S/C36H56O5/c1-22-18-34(13-7-24(19-34)8-14-35(39)11-5-6-27(38)20-35)31-33(4,41-31)12-10-29-28(22)21-32(29,3)26-16-25-9-15-36(40,23(2)37)30(25)17-26/h9,15,23-31,37-40H,1,5-8,10-14,16-21H2,2-4H3. The van der Waals surface area contributed by atoms with Gasteiger partial charge in [-0.3, -0.25) is 0 Å². The second-order valence-electron chi connectivity index (χ2n) is 17.0. The zero-order valence-electron chi connectivity index (χ0n) is 25.9. The minimum absolute atomic E-state index is 0.0201. The number of epoxide rings is 1. The topological polar surface area (TPSA) is 93.5 Å². The van der Waals surface area contributed by atoms with E-state index in [4.69, 9.17) is 11.3 Å². The Kier molecular flexibility index (Phi) is 6.82. The molecule has 7 aliphatic rings. The monoisotopic (exact) mass is 568 g/mol. The van der Waals surface area contributed by atoms with Crippen molar-refractivity contribution < 1.29 is 25.2 Å². The van der Waals surface area contributed by atoms with E-state index >= 15 is 0 Å². The van der Waals surface area contributed by atoms with Crippen molar-refractivity contribution in [1.82, 2.24) is 0 Å². The average Bonchev–Trinajstić information content (AvgIpc) is 3.22. The van der Waals surface area contributed by atoms with Gasteiger partial charge >= 0.3 is 0 Å². The van der Waals surface area contributed by atoms with E-state index < -0.39 is 17.3 Å². The zero-order chi connectivity index (χ0) is 29.0. The van der Waals surface area contributed by atoms with Gasteiger partial charge in [-0.25, -0.2) is 0 Å². The van der Waals surface area contributed by atoms with E-state index in [-0.39, 0.29) is 28.5 Å². The maximum atomic E-state index is 11.3. The van der Waals surface area contributed by atoms with E-state index in [2.05, 4.69) is 19.9 Å². The van der Waals surface area contributed by atoms with Crippen LogP contribution in [-0.2, 0) is 4.74 Å². The van der Waals surface area contributed by atoms with E-state index in [1.807, 2.05) is 6.08 Å².